The van der Waals surface area contributed by atoms with Crippen molar-refractivity contribution in [2.45, 2.75) is 9.92 Å². The number of fused-ring (bicyclic) bond motifs is 1. The fourth-order valence-electron chi connectivity index (χ4n) is 2.22. The van der Waals surface area contributed by atoms with Crippen molar-refractivity contribution in [2.75, 3.05) is 14.2 Å². The van der Waals surface area contributed by atoms with Crippen molar-refractivity contribution in [1.82, 2.24) is 9.97 Å². The molecular weight excluding hydrogens is 329 g/mol. The monoisotopic (exact) mass is 341 g/mol. The molecule has 3 rings (SSSR count). The van der Waals surface area contributed by atoms with Crippen LogP contribution in [-0.2, 0) is 0 Å². The van der Waals surface area contributed by atoms with Crippen molar-refractivity contribution in [3.8, 4) is 17.6 Å². The van der Waals surface area contributed by atoms with E-state index in [2.05, 4.69) is 9.97 Å². The van der Waals surface area contributed by atoms with E-state index in [1.165, 1.54) is 20.3 Å². The number of para-hydroxylation sites is 2. The van der Waals surface area contributed by atoms with Crippen LogP contribution in [0.2, 0.25) is 0 Å². The molecule has 0 fully saturated rings. The molecule has 0 N–H and O–H groups in total. The molecule has 0 aliphatic carbocycles. The van der Waals surface area contributed by atoms with Gasteiger partial charge in [-0.15, -0.1) is 0 Å². The summed E-state index contributed by atoms with van der Waals surface area (Å²) in [5.74, 6) is -0.532. The number of halogens is 1. The van der Waals surface area contributed by atoms with E-state index in [1.807, 2.05) is 30.3 Å². The van der Waals surface area contributed by atoms with E-state index in [9.17, 15) is 9.65 Å². The third kappa shape index (κ3) is 2.84. The highest BCUT2D eigenvalue weighted by Gasteiger charge is 2.21. The van der Waals surface area contributed by atoms with Crippen molar-refractivity contribution in [2.24, 2.45) is 0 Å². The average Bonchev–Trinajstić information content (AvgIpc) is 2.62. The number of hydrogen-bond acceptors (Lipinski definition) is 6. The summed E-state index contributed by atoms with van der Waals surface area (Å²) in [6.07, 6.45) is 1.57. The molecule has 0 radical (unpaired) electrons. The molecule has 3 aromatic rings. The van der Waals surface area contributed by atoms with Gasteiger partial charge in [-0.3, -0.25) is 4.98 Å². The van der Waals surface area contributed by atoms with Gasteiger partial charge in [0.25, 0.3) is 0 Å². The molecule has 0 spiro atoms. The molecule has 1 heterocycles. The number of aromatic nitrogens is 2. The van der Waals surface area contributed by atoms with Gasteiger partial charge in [-0.25, -0.2) is 9.37 Å². The summed E-state index contributed by atoms with van der Waals surface area (Å²) in [5.41, 5.74) is 1.50. The molecule has 5 nitrogen and oxygen atoms in total. The zero-order valence-corrected chi connectivity index (χ0v) is 13.7. The Kier molecular flexibility index (Phi) is 4.49. The van der Waals surface area contributed by atoms with Crippen LogP contribution in [0.25, 0.3) is 11.0 Å². The van der Waals surface area contributed by atoms with Gasteiger partial charge in [0, 0.05) is 0 Å². The third-order valence-corrected chi connectivity index (χ3v) is 4.25. The maximum atomic E-state index is 14.6. The summed E-state index contributed by atoms with van der Waals surface area (Å²) in [6, 6.07) is 10.8. The first-order valence-electron chi connectivity index (χ1n) is 6.92. The summed E-state index contributed by atoms with van der Waals surface area (Å²) >= 11 is 1.09. The Bertz CT molecular complexity index is 956. The number of nitriles is 1. The van der Waals surface area contributed by atoms with Crippen molar-refractivity contribution >= 4 is 22.8 Å². The molecule has 0 atom stereocenters. The van der Waals surface area contributed by atoms with Gasteiger partial charge >= 0.3 is 0 Å². The average molecular weight is 341 g/mol. The van der Waals surface area contributed by atoms with E-state index in [4.69, 9.17) is 9.47 Å². The molecule has 7 heteroatoms. The molecule has 0 aliphatic rings. The van der Waals surface area contributed by atoms with Gasteiger partial charge in [-0.1, -0.05) is 23.9 Å². The molecule has 0 saturated heterocycles. The van der Waals surface area contributed by atoms with Crippen LogP contribution in [0, 0.1) is 17.1 Å². The molecule has 1 aromatic heterocycles. The Morgan fingerprint density at radius 1 is 1.17 bits per heavy atom. The van der Waals surface area contributed by atoms with Gasteiger partial charge in [0.1, 0.15) is 22.4 Å². The summed E-state index contributed by atoms with van der Waals surface area (Å²) in [5, 5.41) is 9.71. The molecule has 0 unspecified atom stereocenters. The molecular formula is C17H12FN3O2S. The lowest BCUT2D eigenvalue weighted by Gasteiger charge is -2.12. The summed E-state index contributed by atoms with van der Waals surface area (Å²) in [7, 11) is 2.72. The molecule has 2 aromatic carbocycles. The summed E-state index contributed by atoms with van der Waals surface area (Å²) < 4.78 is 24.8. The van der Waals surface area contributed by atoms with Gasteiger partial charge in [0.15, 0.2) is 11.6 Å². The Balaban J connectivity index is 2.07. The second-order valence-corrected chi connectivity index (χ2v) is 5.77. The van der Waals surface area contributed by atoms with Crippen LogP contribution in [0.1, 0.15) is 5.56 Å². The highest BCUT2D eigenvalue weighted by atomic mass is 32.2. The van der Waals surface area contributed by atoms with Crippen molar-refractivity contribution < 1.29 is 13.9 Å². The Hall–Kier alpha value is -2.85. The highest BCUT2D eigenvalue weighted by molar-refractivity contribution is 7.99. The van der Waals surface area contributed by atoms with E-state index in [0.717, 1.165) is 22.8 Å². The van der Waals surface area contributed by atoms with Crippen LogP contribution in [0.4, 0.5) is 4.39 Å². The van der Waals surface area contributed by atoms with Crippen LogP contribution < -0.4 is 9.47 Å². The van der Waals surface area contributed by atoms with E-state index in [0.29, 0.717) is 5.03 Å². The summed E-state index contributed by atoms with van der Waals surface area (Å²) in [6.45, 7) is 0. The number of hydrogen-bond donors (Lipinski definition) is 0. The van der Waals surface area contributed by atoms with E-state index in [1.54, 1.807) is 6.20 Å². The zero-order chi connectivity index (χ0) is 17.1. The van der Waals surface area contributed by atoms with E-state index < -0.39 is 5.82 Å². The van der Waals surface area contributed by atoms with Crippen LogP contribution in [-0.4, -0.2) is 24.2 Å². The van der Waals surface area contributed by atoms with Crippen LogP contribution in [0.3, 0.4) is 0 Å². The lowest BCUT2D eigenvalue weighted by Crippen LogP contribution is -1.99. The fourth-order valence-corrected chi connectivity index (χ4v) is 3.05. The lowest BCUT2D eigenvalue weighted by atomic mass is 10.2. The number of nitrogens with zero attached hydrogens (tertiary/aromatic N) is 3. The van der Waals surface area contributed by atoms with Crippen molar-refractivity contribution in [3.63, 3.8) is 0 Å². The number of rotatable bonds is 4. The van der Waals surface area contributed by atoms with Gasteiger partial charge in [-0.05, 0) is 18.2 Å². The normalized spacial score (nSPS) is 10.4. The standard InChI is InChI=1S/C17H12FN3O2S/c1-22-13-7-14(16(18)17(23-2)10(13)8-19)24-15-9-20-11-5-3-4-6-12(11)21-15/h3-7,9H,1-2H3. The third-order valence-electron chi connectivity index (χ3n) is 3.33. The number of benzene rings is 2. The number of methoxy groups -OCH3 is 2. The number of ether oxygens (including phenoxy) is 2. The highest BCUT2D eigenvalue weighted by Crippen LogP contribution is 2.39. The SMILES string of the molecule is COc1cc(Sc2cnc3ccccc3n2)c(F)c(OC)c1C#N. The molecule has 0 saturated carbocycles. The molecule has 24 heavy (non-hydrogen) atoms. The van der Waals surface area contributed by atoms with Gasteiger partial charge in [-0.2, -0.15) is 5.26 Å². The quantitative estimate of drug-likeness (QED) is 0.719. The molecule has 0 amide bonds. The maximum Gasteiger partial charge on any atom is 0.180 e. The minimum Gasteiger partial charge on any atom is -0.495 e. The Morgan fingerprint density at radius 2 is 1.92 bits per heavy atom. The first-order valence-corrected chi connectivity index (χ1v) is 7.73. The lowest BCUT2D eigenvalue weighted by molar-refractivity contribution is 0.366. The zero-order valence-electron chi connectivity index (χ0n) is 12.9. The van der Waals surface area contributed by atoms with Gasteiger partial charge in [0.05, 0.1) is 36.3 Å². The first-order chi connectivity index (χ1) is 11.7. The molecule has 0 aliphatic heterocycles. The Labute approximate surface area is 142 Å². The van der Waals surface area contributed by atoms with Crippen molar-refractivity contribution in [1.29, 1.82) is 5.26 Å². The topological polar surface area (TPSA) is 68.0 Å². The predicted octanol–water partition coefficient (Wildman–Crippen LogP) is 3.81. The maximum absolute atomic E-state index is 14.6. The smallest absolute Gasteiger partial charge is 0.180 e. The summed E-state index contributed by atoms with van der Waals surface area (Å²) in [4.78, 5) is 9.00. The minimum absolute atomic E-state index is 0.0199. The van der Waals surface area contributed by atoms with Crippen LogP contribution in [0.5, 0.6) is 11.5 Å². The Morgan fingerprint density at radius 3 is 2.58 bits per heavy atom. The van der Waals surface area contributed by atoms with Crippen molar-refractivity contribution in [3.05, 3.63) is 47.9 Å². The first kappa shape index (κ1) is 16.0. The largest absolute Gasteiger partial charge is 0.495 e. The van der Waals surface area contributed by atoms with E-state index in [-0.39, 0.29) is 22.0 Å². The second kappa shape index (κ2) is 6.72. The predicted molar refractivity (Wildman–Crippen MR) is 87.9 cm³/mol. The van der Waals surface area contributed by atoms with Crippen LogP contribution >= 0.6 is 11.8 Å². The van der Waals surface area contributed by atoms with Gasteiger partial charge < -0.3 is 9.47 Å². The minimum atomic E-state index is -0.630. The van der Waals surface area contributed by atoms with Crippen LogP contribution in [0.15, 0.2) is 46.5 Å². The molecule has 120 valence electrons. The second-order valence-electron chi connectivity index (χ2n) is 4.71. The fraction of sp³-hybridized carbons (Fsp3) is 0.118. The van der Waals surface area contributed by atoms with E-state index >= 15 is 0 Å². The van der Waals surface area contributed by atoms with Gasteiger partial charge in [0.2, 0.25) is 0 Å². The molecule has 0 bridgehead atoms.